The normalized spacial score (nSPS) is 15.6. The molecule has 1 fully saturated rings. The molecular formula is C26H25FN4O2S. The number of nitrogens with one attached hydrogen (secondary N) is 1. The Kier molecular flexibility index (Phi) is 6.87. The number of pyridine rings is 1. The molecule has 0 radical (unpaired) electrons. The summed E-state index contributed by atoms with van der Waals surface area (Å²) in [4.78, 5) is 21.6. The lowest BCUT2D eigenvalue weighted by Crippen LogP contribution is -2.31. The van der Waals surface area contributed by atoms with Gasteiger partial charge in [0.2, 0.25) is 0 Å². The van der Waals surface area contributed by atoms with E-state index in [0.29, 0.717) is 30.0 Å². The van der Waals surface area contributed by atoms with E-state index in [-0.39, 0.29) is 17.8 Å². The predicted octanol–water partition coefficient (Wildman–Crippen LogP) is 4.82. The Morgan fingerprint density at radius 3 is 2.79 bits per heavy atom. The summed E-state index contributed by atoms with van der Waals surface area (Å²) in [6.45, 7) is 1.67. The van der Waals surface area contributed by atoms with Crippen LogP contribution in [0.3, 0.4) is 0 Å². The summed E-state index contributed by atoms with van der Waals surface area (Å²) in [7, 11) is 0. The Balaban J connectivity index is 1.27. The molecule has 0 unspecified atom stereocenters. The van der Waals surface area contributed by atoms with Crippen LogP contribution in [0, 0.1) is 5.82 Å². The zero-order chi connectivity index (χ0) is 23.3. The Morgan fingerprint density at radius 2 is 2.00 bits per heavy atom. The van der Waals surface area contributed by atoms with Gasteiger partial charge < -0.3 is 10.1 Å². The third-order valence-corrected chi connectivity index (χ3v) is 6.90. The molecular weight excluding hydrogens is 451 g/mol. The van der Waals surface area contributed by atoms with Gasteiger partial charge in [0.25, 0.3) is 5.91 Å². The highest BCUT2D eigenvalue weighted by Crippen LogP contribution is 2.27. The maximum absolute atomic E-state index is 14.3. The van der Waals surface area contributed by atoms with Gasteiger partial charge >= 0.3 is 0 Å². The van der Waals surface area contributed by atoms with E-state index >= 15 is 0 Å². The van der Waals surface area contributed by atoms with E-state index < -0.39 is 0 Å². The van der Waals surface area contributed by atoms with Crippen molar-refractivity contribution in [2.24, 2.45) is 0 Å². The number of fused-ring (bicyclic) bond motifs is 1. The zero-order valence-corrected chi connectivity index (χ0v) is 19.4. The smallest absolute Gasteiger partial charge is 0.251 e. The molecule has 0 saturated carbocycles. The van der Waals surface area contributed by atoms with E-state index in [0.717, 1.165) is 41.3 Å². The Morgan fingerprint density at radius 1 is 1.15 bits per heavy atom. The number of benzene rings is 2. The molecule has 1 saturated heterocycles. The molecule has 8 heteroatoms. The fraction of sp³-hybridized carbons (Fsp3) is 0.269. The van der Waals surface area contributed by atoms with Crippen molar-refractivity contribution >= 4 is 28.8 Å². The van der Waals surface area contributed by atoms with Crippen LogP contribution >= 0.6 is 11.8 Å². The van der Waals surface area contributed by atoms with Crippen LogP contribution in [0.2, 0.25) is 0 Å². The van der Waals surface area contributed by atoms with Crippen LogP contribution in [0.1, 0.15) is 34.3 Å². The number of hydrogen-bond acceptors (Lipinski definition) is 5. The van der Waals surface area contributed by atoms with Crippen LogP contribution in [-0.2, 0) is 17.0 Å². The van der Waals surface area contributed by atoms with E-state index in [1.165, 1.54) is 6.07 Å². The number of amides is 1. The Bertz CT molecular complexity index is 1290. The van der Waals surface area contributed by atoms with Gasteiger partial charge in [0.15, 0.2) is 10.8 Å². The first kappa shape index (κ1) is 22.6. The Hall–Kier alpha value is -3.23. The highest BCUT2D eigenvalue weighted by molar-refractivity contribution is 7.98. The summed E-state index contributed by atoms with van der Waals surface area (Å²) in [5.41, 5.74) is 3.79. The number of hydrogen-bond donors (Lipinski definition) is 1. The highest BCUT2D eigenvalue weighted by atomic mass is 32.2. The summed E-state index contributed by atoms with van der Waals surface area (Å²) in [5, 5.41) is 3.72. The lowest BCUT2D eigenvalue weighted by atomic mass is 10.1. The van der Waals surface area contributed by atoms with Crippen molar-refractivity contribution in [1.29, 1.82) is 0 Å². The predicted molar refractivity (Wildman–Crippen MR) is 130 cm³/mol. The van der Waals surface area contributed by atoms with E-state index in [4.69, 9.17) is 9.72 Å². The van der Waals surface area contributed by atoms with Crippen LogP contribution in [0.4, 0.5) is 4.39 Å². The first-order valence-corrected chi connectivity index (χ1v) is 12.3. The van der Waals surface area contributed by atoms with Gasteiger partial charge in [-0.05, 0) is 48.7 Å². The molecule has 0 spiro atoms. The number of halogens is 1. The van der Waals surface area contributed by atoms with Crippen molar-refractivity contribution in [3.63, 3.8) is 0 Å². The first-order valence-electron chi connectivity index (χ1n) is 11.3. The van der Waals surface area contributed by atoms with E-state index in [2.05, 4.69) is 10.3 Å². The van der Waals surface area contributed by atoms with Crippen molar-refractivity contribution in [1.82, 2.24) is 19.9 Å². The molecule has 34 heavy (non-hydrogen) atoms. The lowest BCUT2D eigenvalue weighted by Gasteiger charge is -2.11. The number of carbonyl (C=O) groups is 1. The van der Waals surface area contributed by atoms with Crippen LogP contribution in [0.15, 0.2) is 72.0 Å². The minimum atomic E-state index is -0.246. The van der Waals surface area contributed by atoms with Crippen molar-refractivity contribution in [2.75, 3.05) is 13.2 Å². The van der Waals surface area contributed by atoms with E-state index in [1.807, 2.05) is 47.0 Å². The largest absolute Gasteiger partial charge is 0.376 e. The summed E-state index contributed by atoms with van der Waals surface area (Å²) < 4.78 is 21.8. The molecule has 1 amide bonds. The number of rotatable bonds is 8. The molecule has 4 aromatic rings. The molecule has 5 rings (SSSR count). The Labute approximate surface area is 201 Å². The van der Waals surface area contributed by atoms with Crippen LogP contribution in [0.5, 0.6) is 0 Å². The number of carbonyl (C=O) groups excluding carboxylic acids is 1. The van der Waals surface area contributed by atoms with Gasteiger partial charge in [-0.1, -0.05) is 42.1 Å². The zero-order valence-electron chi connectivity index (χ0n) is 18.6. The average Bonchev–Trinajstić information content (AvgIpc) is 3.51. The second kappa shape index (κ2) is 10.4. The van der Waals surface area contributed by atoms with Crippen LogP contribution < -0.4 is 5.32 Å². The van der Waals surface area contributed by atoms with E-state index in [9.17, 15) is 9.18 Å². The van der Waals surface area contributed by atoms with Gasteiger partial charge in [0.1, 0.15) is 11.3 Å². The fourth-order valence-corrected chi connectivity index (χ4v) is 4.96. The minimum absolute atomic E-state index is 0.0903. The minimum Gasteiger partial charge on any atom is -0.376 e. The van der Waals surface area contributed by atoms with Crippen molar-refractivity contribution < 1.29 is 13.9 Å². The van der Waals surface area contributed by atoms with Gasteiger partial charge in [0, 0.05) is 36.2 Å². The second-order valence-electron chi connectivity index (χ2n) is 8.25. The molecule has 1 N–H and O–H groups in total. The molecule has 3 heterocycles. The number of nitrogens with zero attached hydrogens (tertiary/aromatic N) is 3. The highest BCUT2D eigenvalue weighted by Gasteiger charge is 2.17. The second-order valence-corrected chi connectivity index (χ2v) is 9.19. The maximum Gasteiger partial charge on any atom is 0.251 e. The molecule has 1 aliphatic rings. The fourth-order valence-electron chi connectivity index (χ4n) is 4.00. The molecule has 2 aromatic carbocycles. The quantitative estimate of drug-likeness (QED) is 0.369. The monoisotopic (exact) mass is 476 g/mol. The van der Waals surface area contributed by atoms with Gasteiger partial charge in [-0.15, -0.1) is 0 Å². The first-order chi connectivity index (χ1) is 16.7. The average molecular weight is 477 g/mol. The van der Waals surface area contributed by atoms with Crippen LogP contribution in [-0.4, -0.2) is 39.7 Å². The SMILES string of the molecule is O=C(NC[C@@H]1CCCO1)c1ccc(CSc2nc3cccnc3n2Cc2ccccc2F)cc1. The maximum atomic E-state index is 14.3. The van der Waals surface area contributed by atoms with Gasteiger partial charge in [0.05, 0.1) is 12.6 Å². The van der Waals surface area contributed by atoms with Crippen LogP contribution in [0.25, 0.3) is 11.2 Å². The molecule has 1 atom stereocenters. The summed E-state index contributed by atoms with van der Waals surface area (Å²) in [5.74, 6) is 0.329. The third-order valence-electron chi connectivity index (χ3n) is 5.85. The van der Waals surface area contributed by atoms with Crippen molar-refractivity contribution in [3.8, 4) is 0 Å². The third kappa shape index (κ3) is 5.13. The molecule has 0 aliphatic carbocycles. The number of ether oxygens (including phenoxy) is 1. The molecule has 6 nitrogen and oxygen atoms in total. The van der Waals surface area contributed by atoms with Gasteiger partial charge in [-0.2, -0.15) is 0 Å². The molecule has 1 aliphatic heterocycles. The summed E-state index contributed by atoms with van der Waals surface area (Å²) in [6.07, 6.45) is 3.89. The summed E-state index contributed by atoms with van der Waals surface area (Å²) >= 11 is 1.56. The standard InChI is InChI=1S/C26H25FN4O2S/c27-22-7-2-1-5-20(22)16-31-24-23(8-3-13-28-24)30-26(31)34-17-18-9-11-19(12-10-18)25(32)29-15-21-6-4-14-33-21/h1-3,5,7-13,21H,4,6,14-17H2,(H,29,32)/t21-/m0/s1. The van der Waals surface area contributed by atoms with Crippen molar-refractivity contribution in [2.45, 2.75) is 36.4 Å². The number of aromatic nitrogens is 3. The van der Waals surface area contributed by atoms with Crippen molar-refractivity contribution in [3.05, 3.63) is 89.4 Å². The van der Waals surface area contributed by atoms with Gasteiger partial charge in [-0.25, -0.2) is 14.4 Å². The lowest BCUT2D eigenvalue weighted by molar-refractivity contribution is 0.0858. The molecule has 174 valence electrons. The molecule has 2 aromatic heterocycles. The topological polar surface area (TPSA) is 69.0 Å². The summed E-state index contributed by atoms with van der Waals surface area (Å²) in [6, 6.07) is 18.1. The van der Waals surface area contributed by atoms with E-state index in [1.54, 1.807) is 30.1 Å². The number of imidazole rings is 1. The molecule has 0 bridgehead atoms. The number of thioether (sulfide) groups is 1. The van der Waals surface area contributed by atoms with Gasteiger partial charge in [-0.3, -0.25) is 9.36 Å².